The molecule has 52 valence electrons. The summed E-state index contributed by atoms with van der Waals surface area (Å²) < 4.78 is 13.2. The van der Waals surface area contributed by atoms with Gasteiger partial charge in [0.05, 0.1) is 0 Å². The van der Waals surface area contributed by atoms with E-state index in [2.05, 4.69) is 15.9 Å². The second-order valence-corrected chi connectivity index (χ2v) is 2.64. The molecular weight excluding hydrogens is 201 g/mol. The molecule has 0 bridgehead atoms. The fourth-order valence-corrected chi connectivity index (χ4v) is 0.905. The van der Waals surface area contributed by atoms with E-state index in [1.807, 2.05) is 0 Å². The summed E-state index contributed by atoms with van der Waals surface area (Å²) in [7, 11) is 0. The van der Waals surface area contributed by atoms with Crippen LogP contribution in [0.2, 0.25) is 0 Å². The topological polar surface area (TPSA) is 31.0 Å². The zero-order valence-electron chi connectivity index (χ0n) is 4.90. The fraction of sp³-hybridized carbons (Fsp3) is 0. The van der Waals surface area contributed by atoms with Crippen molar-refractivity contribution >= 4 is 21.6 Å². The Bertz CT molecular complexity index is 264. The molecule has 0 aliphatic heterocycles. The van der Waals surface area contributed by atoms with E-state index in [-0.39, 0.29) is 5.69 Å². The highest BCUT2D eigenvalue weighted by molar-refractivity contribution is 9.10. The van der Waals surface area contributed by atoms with Crippen molar-refractivity contribution in [3.05, 3.63) is 33.4 Å². The molecule has 1 N–H and O–H groups in total. The van der Waals surface area contributed by atoms with Crippen LogP contribution in [0, 0.1) is 10.7 Å². The van der Waals surface area contributed by atoms with E-state index in [4.69, 9.17) is 0 Å². The number of nitroso groups, excluding NO2 is 1. The van der Waals surface area contributed by atoms with Crippen molar-refractivity contribution in [1.82, 2.24) is 0 Å². The summed E-state index contributed by atoms with van der Waals surface area (Å²) in [4.78, 5) is 9.96. The number of hydrogen-bond acceptors (Lipinski definition) is 1. The van der Waals surface area contributed by atoms with E-state index in [0.29, 0.717) is 4.47 Å². The van der Waals surface area contributed by atoms with Crippen LogP contribution in [0.15, 0.2) is 22.7 Å². The van der Waals surface area contributed by atoms with Crippen LogP contribution < -0.4 is 5.18 Å². The van der Waals surface area contributed by atoms with Gasteiger partial charge in [-0.05, 0) is 12.1 Å². The molecule has 0 amide bonds. The molecule has 1 aromatic carbocycles. The predicted octanol–water partition coefficient (Wildman–Crippen LogP) is 1.07. The summed E-state index contributed by atoms with van der Waals surface area (Å²) in [6, 6.07) is 4.18. The molecule has 0 atom stereocenters. The van der Waals surface area contributed by atoms with Crippen molar-refractivity contribution in [2.45, 2.75) is 0 Å². The van der Waals surface area contributed by atoms with E-state index in [1.165, 1.54) is 17.3 Å². The zero-order chi connectivity index (χ0) is 7.56. The van der Waals surface area contributed by atoms with Crippen LogP contribution in [0.3, 0.4) is 0 Å². The van der Waals surface area contributed by atoms with Crippen LogP contribution in [-0.2, 0) is 0 Å². The van der Waals surface area contributed by atoms with Crippen LogP contribution in [0.4, 0.5) is 10.1 Å². The van der Waals surface area contributed by atoms with Gasteiger partial charge in [0.15, 0.2) is 5.82 Å². The molecule has 0 unspecified atom stereocenters. The maximum Gasteiger partial charge on any atom is 0.288 e. The lowest BCUT2D eigenvalue weighted by atomic mass is 10.3. The maximum atomic E-state index is 12.6. The summed E-state index contributed by atoms with van der Waals surface area (Å²) >= 11 is 3.06. The summed E-state index contributed by atoms with van der Waals surface area (Å²) in [6.45, 7) is 0. The van der Waals surface area contributed by atoms with Crippen molar-refractivity contribution in [3.8, 4) is 0 Å². The van der Waals surface area contributed by atoms with Crippen molar-refractivity contribution in [2.75, 3.05) is 0 Å². The number of hydrogen-bond donors (Lipinski definition) is 1. The summed E-state index contributed by atoms with van der Waals surface area (Å²) in [5, 5.41) is 1.48. The summed E-state index contributed by atoms with van der Waals surface area (Å²) in [6.07, 6.45) is 0. The highest BCUT2D eigenvalue weighted by Crippen LogP contribution is 2.14. The number of nitrogens with one attached hydrogen (secondary N) is 1. The Morgan fingerprint density at radius 2 is 2.20 bits per heavy atom. The lowest BCUT2D eigenvalue weighted by Gasteiger charge is -1.87. The Kier molecular flexibility index (Phi) is 2.11. The first kappa shape index (κ1) is 7.34. The standard InChI is InChI=1S/C6H3BrFNO/c7-4-1-2-6(9-10)5(8)3-4/h1-3H/p+1. The SMILES string of the molecule is O=[NH+]c1ccc(Br)cc1F. The first-order valence-corrected chi connectivity index (χ1v) is 3.36. The van der Waals surface area contributed by atoms with Crippen LogP contribution >= 0.6 is 15.9 Å². The van der Waals surface area contributed by atoms with Crippen LogP contribution in [0.25, 0.3) is 0 Å². The Labute approximate surface area is 65.2 Å². The van der Waals surface area contributed by atoms with Gasteiger partial charge in [0, 0.05) is 20.6 Å². The molecule has 0 spiro atoms. The first-order valence-electron chi connectivity index (χ1n) is 2.57. The minimum absolute atomic E-state index is 0.0387. The quantitative estimate of drug-likeness (QED) is 0.730. The van der Waals surface area contributed by atoms with Crippen molar-refractivity contribution in [3.63, 3.8) is 0 Å². The highest BCUT2D eigenvalue weighted by atomic mass is 79.9. The van der Waals surface area contributed by atoms with Crippen molar-refractivity contribution in [2.24, 2.45) is 0 Å². The molecule has 1 aromatic rings. The second-order valence-electron chi connectivity index (χ2n) is 1.73. The Morgan fingerprint density at radius 3 is 2.70 bits per heavy atom. The fourth-order valence-electron chi connectivity index (χ4n) is 0.572. The molecular formula is C6H4BrFNO+. The van der Waals surface area contributed by atoms with E-state index >= 15 is 0 Å². The molecule has 0 saturated carbocycles. The third-order valence-corrected chi connectivity index (χ3v) is 1.53. The van der Waals surface area contributed by atoms with Gasteiger partial charge in [-0.25, -0.2) is 0 Å². The molecule has 10 heavy (non-hydrogen) atoms. The molecule has 4 heteroatoms. The average molecular weight is 205 g/mol. The van der Waals surface area contributed by atoms with Crippen molar-refractivity contribution in [1.29, 1.82) is 0 Å². The lowest BCUT2D eigenvalue weighted by molar-refractivity contribution is -0.382. The summed E-state index contributed by atoms with van der Waals surface area (Å²) in [5.41, 5.74) is -0.0387. The number of halogens is 2. The molecule has 0 radical (unpaired) electrons. The molecule has 0 aromatic heterocycles. The van der Waals surface area contributed by atoms with Gasteiger partial charge in [-0.1, -0.05) is 15.9 Å². The molecule has 0 saturated heterocycles. The monoisotopic (exact) mass is 204 g/mol. The van der Waals surface area contributed by atoms with E-state index in [9.17, 15) is 9.30 Å². The summed E-state index contributed by atoms with van der Waals surface area (Å²) in [5.74, 6) is -0.552. The molecule has 0 aliphatic rings. The minimum Gasteiger partial charge on any atom is -0.199 e. The normalized spacial score (nSPS) is 9.40. The second kappa shape index (κ2) is 2.88. The smallest absolute Gasteiger partial charge is 0.199 e. The minimum atomic E-state index is -0.552. The van der Waals surface area contributed by atoms with Crippen LogP contribution in [0.1, 0.15) is 0 Å². The van der Waals surface area contributed by atoms with Crippen molar-refractivity contribution < 1.29 is 9.57 Å². The predicted molar refractivity (Wildman–Crippen MR) is 38.1 cm³/mol. The Morgan fingerprint density at radius 1 is 1.50 bits per heavy atom. The van der Waals surface area contributed by atoms with Gasteiger partial charge in [0.25, 0.3) is 5.69 Å². The highest BCUT2D eigenvalue weighted by Gasteiger charge is 2.06. The lowest BCUT2D eigenvalue weighted by Crippen LogP contribution is -2.56. The Balaban J connectivity index is 3.19. The van der Waals surface area contributed by atoms with Crippen LogP contribution in [-0.4, -0.2) is 0 Å². The van der Waals surface area contributed by atoms with Gasteiger partial charge in [0.1, 0.15) is 0 Å². The largest absolute Gasteiger partial charge is 0.288 e. The molecule has 0 fully saturated rings. The van der Waals surface area contributed by atoms with Gasteiger partial charge in [0.2, 0.25) is 0 Å². The third kappa shape index (κ3) is 1.39. The molecule has 2 nitrogen and oxygen atoms in total. The first-order chi connectivity index (χ1) is 4.74. The van der Waals surface area contributed by atoms with E-state index in [1.54, 1.807) is 6.07 Å². The van der Waals surface area contributed by atoms with Gasteiger partial charge in [-0.2, -0.15) is 4.39 Å². The van der Waals surface area contributed by atoms with Gasteiger partial charge >= 0.3 is 0 Å². The molecule has 1 rings (SSSR count). The Hall–Kier alpha value is -0.770. The van der Waals surface area contributed by atoms with Gasteiger partial charge in [-0.3, -0.25) is 0 Å². The van der Waals surface area contributed by atoms with Gasteiger partial charge in [-0.15, -0.1) is 0 Å². The molecule has 0 heterocycles. The van der Waals surface area contributed by atoms with E-state index < -0.39 is 5.82 Å². The number of benzene rings is 1. The molecule has 0 aliphatic carbocycles. The number of rotatable bonds is 1. The third-order valence-electron chi connectivity index (χ3n) is 1.04. The van der Waals surface area contributed by atoms with Crippen LogP contribution in [0.5, 0.6) is 0 Å². The van der Waals surface area contributed by atoms with Gasteiger partial charge < -0.3 is 0 Å². The average Bonchev–Trinajstić information content (AvgIpc) is 1.88. The van der Waals surface area contributed by atoms with E-state index in [0.717, 1.165) is 0 Å². The maximum absolute atomic E-state index is 12.6. The zero-order valence-corrected chi connectivity index (χ0v) is 6.48.